The minimum absolute atomic E-state index is 0.181. The summed E-state index contributed by atoms with van der Waals surface area (Å²) in [6.07, 6.45) is -2.15. The number of pyridine rings is 1. The molecule has 0 aliphatic heterocycles. The minimum atomic E-state index is -2.85. The first-order chi connectivity index (χ1) is 6.99. The highest BCUT2D eigenvalue weighted by Gasteiger charge is 2.23. The standard InChI is InChI=1S/C7H8F2N4O2/c8-7(9)6-3(1-10)5(11)4(2-12-6)13(14)15/h2,7H,1,10H2,(H2,11,12). The number of anilines is 1. The predicted molar refractivity (Wildman–Crippen MR) is 48.2 cm³/mol. The molecule has 0 saturated carbocycles. The summed E-state index contributed by atoms with van der Waals surface area (Å²) >= 11 is 0. The van der Waals surface area contributed by atoms with Crippen LogP contribution in [0.2, 0.25) is 0 Å². The number of halogens is 2. The van der Waals surface area contributed by atoms with Crippen molar-refractivity contribution in [2.45, 2.75) is 13.0 Å². The smallest absolute Gasteiger partial charge is 0.310 e. The van der Waals surface area contributed by atoms with Crippen LogP contribution in [0, 0.1) is 10.1 Å². The van der Waals surface area contributed by atoms with Gasteiger partial charge in [0.15, 0.2) is 0 Å². The Morgan fingerprint density at radius 1 is 1.60 bits per heavy atom. The number of nitrogens with zero attached hydrogens (tertiary/aromatic N) is 2. The van der Waals surface area contributed by atoms with Crippen LogP contribution < -0.4 is 11.5 Å². The van der Waals surface area contributed by atoms with E-state index in [1.165, 1.54) is 0 Å². The van der Waals surface area contributed by atoms with E-state index < -0.39 is 22.7 Å². The highest BCUT2D eigenvalue weighted by atomic mass is 19.3. The summed E-state index contributed by atoms with van der Waals surface area (Å²) < 4.78 is 24.8. The summed E-state index contributed by atoms with van der Waals surface area (Å²) in [5.74, 6) is 0. The molecule has 0 aromatic carbocycles. The predicted octanol–water partition coefficient (Wildman–Crippen LogP) is 0.968. The lowest BCUT2D eigenvalue weighted by Crippen LogP contribution is -2.10. The monoisotopic (exact) mass is 218 g/mol. The first kappa shape index (κ1) is 11.2. The molecule has 0 saturated heterocycles. The maximum Gasteiger partial charge on any atom is 0.310 e. The Morgan fingerprint density at radius 3 is 2.60 bits per heavy atom. The molecule has 1 aromatic rings. The van der Waals surface area contributed by atoms with Gasteiger partial charge in [0.25, 0.3) is 6.43 Å². The number of nitrogen functional groups attached to an aromatic ring is 1. The topological polar surface area (TPSA) is 108 Å². The SMILES string of the molecule is NCc1c(C(F)F)ncc([N+](=O)[O-])c1N. The van der Waals surface area contributed by atoms with Crippen LogP contribution in [0.4, 0.5) is 20.2 Å². The molecule has 1 heterocycles. The van der Waals surface area contributed by atoms with Gasteiger partial charge in [-0.15, -0.1) is 0 Å². The normalized spacial score (nSPS) is 10.7. The molecule has 15 heavy (non-hydrogen) atoms. The van der Waals surface area contributed by atoms with E-state index >= 15 is 0 Å². The fourth-order valence-corrected chi connectivity index (χ4v) is 1.12. The lowest BCUT2D eigenvalue weighted by atomic mass is 10.1. The van der Waals surface area contributed by atoms with Crippen molar-refractivity contribution in [3.05, 3.63) is 27.6 Å². The van der Waals surface area contributed by atoms with Gasteiger partial charge in [-0.3, -0.25) is 10.1 Å². The van der Waals surface area contributed by atoms with Gasteiger partial charge in [0.2, 0.25) is 0 Å². The molecular weight excluding hydrogens is 210 g/mol. The Kier molecular flexibility index (Phi) is 3.10. The summed E-state index contributed by atoms with van der Waals surface area (Å²) in [4.78, 5) is 12.9. The average molecular weight is 218 g/mol. The lowest BCUT2D eigenvalue weighted by molar-refractivity contribution is -0.384. The molecule has 0 spiro atoms. The van der Waals surface area contributed by atoms with Crippen LogP contribution in [0.25, 0.3) is 0 Å². The Labute approximate surface area is 83.0 Å². The second-order valence-corrected chi connectivity index (χ2v) is 2.68. The molecule has 0 bridgehead atoms. The third kappa shape index (κ3) is 1.99. The summed E-state index contributed by atoms with van der Waals surface area (Å²) in [5.41, 5.74) is 8.86. The molecule has 0 unspecified atom stereocenters. The Balaban J connectivity index is 3.39. The van der Waals surface area contributed by atoms with Crippen molar-refractivity contribution in [2.24, 2.45) is 5.73 Å². The highest BCUT2D eigenvalue weighted by Crippen LogP contribution is 2.30. The molecule has 0 amide bonds. The fraction of sp³-hybridized carbons (Fsp3) is 0.286. The number of hydrogen-bond donors (Lipinski definition) is 2. The maximum atomic E-state index is 12.4. The summed E-state index contributed by atoms with van der Waals surface area (Å²) in [7, 11) is 0. The van der Waals surface area contributed by atoms with E-state index in [0.29, 0.717) is 6.20 Å². The molecule has 0 fully saturated rings. The second-order valence-electron chi connectivity index (χ2n) is 2.68. The highest BCUT2D eigenvalue weighted by molar-refractivity contribution is 5.63. The van der Waals surface area contributed by atoms with Gasteiger partial charge in [-0.2, -0.15) is 0 Å². The van der Waals surface area contributed by atoms with Gasteiger partial charge in [-0.1, -0.05) is 0 Å². The van der Waals surface area contributed by atoms with Crippen LogP contribution in [-0.4, -0.2) is 9.91 Å². The van der Waals surface area contributed by atoms with Crippen molar-refractivity contribution in [1.29, 1.82) is 0 Å². The Hall–Kier alpha value is -1.83. The number of aromatic nitrogens is 1. The number of rotatable bonds is 3. The molecule has 0 atom stereocenters. The summed E-state index contributed by atoms with van der Waals surface area (Å²) in [5, 5.41) is 10.4. The van der Waals surface area contributed by atoms with Crippen molar-refractivity contribution < 1.29 is 13.7 Å². The molecule has 82 valence electrons. The van der Waals surface area contributed by atoms with E-state index in [1.54, 1.807) is 0 Å². The molecule has 0 aliphatic carbocycles. The van der Waals surface area contributed by atoms with E-state index in [9.17, 15) is 18.9 Å². The molecule has 8 heteroatoms. The van der Waals surface area contributed by atoms with Gasteiger partial charge in [0.05, 0.1) is 4.92 Å². The molecule has 4 N–H and O–H groups in total. The summed E-state index contributed by atoms with van der Waals surface area (Å²) in [6, 6.07) is 0. The van der Waals surface area contributed by atoms with E-state index in [0.717, 1.165) is 0 Å². The zero-order valence-electron chi connectivity index (χ0n) is 7.48. The first-order valence-corrected chi connectivity index (χ1v) is 3.88. The van der Waals surface area contributed by atoms with Crippen LogP contribution in [0.1, 0.15) is 17.7 Å². The largest absolute Gasteiger partial charge is 0.393 e. The van der Waals surface area contributed by atoms with Crippen molar-refractivity contribution in [3.63, 3.8) is 0 Å². The third-order valence-electron chi connectivity index (χ3n) is 1.84. The van der Waals surface area contributed by atoms with Crippen LogP contribution in [-0.2, 0) is 6.54 Å². The first-order valence-electron chi connectivity index (χ1n) is 3.88. The number of nitro groups is 1. The van der Waals surface area contributed by atoms with E-state index in [2.05, 4.69) is 4.98 Å². The van der Waals surface area contributed by atoms with Gasteiger partial charge in [-0.05, 0) is 0 Å². The van der Waals surface area contributed by atoms with Crippen molar-refractivity contribution in [2.75, 3.05) is 5.73 Å². The molecular formula is C7H8F2N4O2. The molecule has 1 aromatic heterocycles. The minimum Gasteiger partial charge on any atom is -0.393 e. The van der Waals surface area contributed by atoms with E-state index in [1.807, 2.05) is 0 Å². The Morgan fingerprint density at radius 2 is 2.20 bits per heavy atom. The maximum absolute atomic E-state index is 12.4. The molecule has 6 nitrogen and oxygen atoms in total. The van der Waals surface area contributed by atoms with Crippen molar-refractivity contribution in [1.82, 2.24) is 4.98 Å². The van der Waals surface area contributed by atoms with E-state index in [4.69, 9.17) is 11.5 Å². The van der Waals surface area contributed by atoms with Gasteiger partial charge in [0.1, 0.15) is 17.6 Å². The molecule has 0 aliphatic rings. The summed E-state index contributed by atoms with van der Waals surface area (Å²) in [6.45, 7) is -0.319. The van der Waals surface area contributed by atoms with Gasteiger partial charge in [0, 0.05) is 12.1 Å². The number of hydrogen-bond acceptors (Lipinski definition) is 5. The second kappa shape index (κ2) is 4.13. The zero-order chi connectivity index (χ0) is 11.6. The molecule has 1 rings (SSSR count). The van der Waals surface area contributed by atoms with Gasteiger partial charge in [-0.25, -0.2) is 13.8 Å². The Bertz CT molecular complexity index is 397. The lowest BCUT2D eigenvalue weighted by Gasteiger charge is -2.08. The van der Waals surface area contributed by atoms with E-state index in [-0.39, 0.29) is 17.8 Å². The molecule has 0 radical (unpaired) electrons. The number of nitrogens with two attached hydrogens (primary N) is 2. The van der Waals surface area contributed by atoms with Crippen LogP contribution in [0.5, 0.6) is 0 Å². The number of alkyl halides is 2. The van der Waals surface area contributed by atoms with Crippen LogP contribution in [0.3, 0.4) is 0 Å². The average Bonchev–Trinajstić information content (AvgIpc) is 2.16. The zero-order valence-corrected chi connectivity index (χ0v) is 7.48. The third-order valence-corrected chi connectivity index (χ3v) is 1.84. The van der Waals surface area contributed by atoms with Gasteiger partial charge < -0.3 is 11.5 Å². The van der Waals surface area contributed by atoms with Crippen LogP contribution >= 0.6 is 0 Å². The van der Waals surface area contributed by atoms with Gasteiger partial charge >= 0.3 is 5.69 Å². The quantitative estimate of drug-likeness (QED) is 0.580. The fourth-order valence-electron chi connectivity index (χ4n) is 1.12. The van der Waals surface area contributed by atoms with Crippen molar-refractivity contribution >= 4 is 11.4 Å². The van der Waals surface area contributed by atoms with Crippen molar-refractivity contribution in [3.8, 4) is 0 Å². The van der Waals surface area contributed by atoms with Crippen LogP contribution in [0.15, 0.2) is 6.20 Å².